The normalized spacial score (nSPS) is 10.6. The SMILES string of the molecule is N#Cc1c(CN)nn(-c2ccc(Cl)cc2Cl)c1-c1ccc(Cl)cc1. The zero-order chi connectivity index (χ0) is 17.3. The van der Waals surface area contributed by atoms with E-state index in [1.807, 2.05) is 12.1 Å². The first-order valence-corrected chi connectivity index (χ1v) is 8.12. The van der Waals surface area contributed by atoms with Gasteiger partial charge in [-0.05, 0) is 30.3 Å². The Hall–Kier alpha value is -2.03. The molecular formula is C17H11Cl3N4. The maximum atomic E-state index is 9.58. The molecule has 2 aromatic carbocycles. The Morgan fingerprint density at radius 1 is 1.04 bits per heavy atom. The Kier molecular flexibility index (Phi) is 4.79. The third-order valence-electron chi connectivity index (χ3n) is 3.52. The van der Waals surface area contributed by atoms with E-state index in [1.54, 1.807) is 35.0 Å². The highest BCUT2D eigenvalue weighted by atomic mass is 35.5. The molecule has 1 aromatic heterocycles. The summed E-state index contributed by atoms with van der Waals surface area (Å²) in [7, 11) is 0. The van der Waals surface area contributed by atoms with Crippen LogP contribution in [-0.4, -0.2) is 9.78 Å². The molecule has 120 valence electrons. The van der Waals surface area contributed by atoms with Crippen molar-refractivity contribution >= 4 is 34.8 Å². The fourth-order valence-electron chi connectivity index (χ4n) is 2.43. The molecule has 0 spiro atoms. The minimum absolute atomic E-state index is 0.141. The van der Waals surface area contributed by atoms with E-state index in [9.17, 15) is 5.26 Å². The minimum atomic E-state index is 0.141. The fraction of sp³-hybridized carbons (Fsp3) is 0.0588. The Morgan fingerprint density at radius 2 is 1.71 bits per heavy atom. The molecule has 0 saturated carbocycles. The van der Waals surface area contributed by atoms with Gasteiger partial charge < -0.3 is 5.73 Å². The molecule has 7 heteroatoms. The van der Waals surface area contributed by atoms with Gasteiger partial charge in [-0.2, -0.15) is 10.4 Å². The second kappa shape index (κ2) is 6.84. The van der Waals surface area contributed by atoms with E-state index in [1.165, 1.54) is 0 Å². The van der Waals surface area contributed by atoms with E-state index in [0.717, 1.165) is 5.56 Å². The monoisotopic (exact) mass is 376 g/mol. The fourth-order valence-corrected chi connectivity index (χ4v) is 3.04. The molecule has 0 saturated heterocycles. The molecule has 4 nitrogen and oxygen atoms in total. The number of benzene rings is 2. The van der Waals surface area contributed by atoms with E-state index >= 15 is 0 Å². The highest BCUT2D eigenvalue weighted by Gasteiger charge is 2.21. The molecular weight excluding hydrogens is 367 g/mol. The molecule has 24 heavy (non-hydrogen) atoms. The van der Waals surface area contributed by atoms with Gasteiger partial charge in [0.1, 0.15) is 11.6 Å². The van der Waals surface area contributed by atoms with Crippen LogP contribution in [0.5, 0.6) is 0 Å². The summed E-state index contributed by atoms with van der Waals surface area (Å²) < 4.78 is 1.61. The first kappa shape index (κ1) is 16.8. The average molecular weight is 378 g/mol. The number of hydrogen-bond acceptors (Lipinski definition) is 3. The van der Waals surface area contributed by atoms with E-state index in [4.69, 9.17) is 40.5 Å². The van der Waals surface area contributed by atoms with Gasteiger partial charge in [0, 0.05) is 22.2 Å². The number of nitrogens with two attached hydrogens (primary N) is 1. The van der Waals surface area contributed by atoms with Crippen molar-refractivity contribution in [1.82, 2.24) is 9.78 Å². The quantitative estimate of drug-likeness (QED) is 0.711. The standard InChI is InChI=1S/C17H11Cl3N4/c18-11-3-1-10(2-4-11)17-13(8-21)15(9-22)23-24(17)16-6-5-12(19)7-14(16)20/h1-7H,9,22H2. The van der Waals surface area contributed by atoms with Crippen LogP contribution in [0.15, 0.2) is 42.5 Å². The average Bonchev–Trinajstić information content (AvgIpc) is 2.94. The van der Waals surface area contributed by atoms with Gasteiger partial charge in [0.15, 0.2) is 0 Å². The van der Waals surface area contributed by atoms with Crippen LogP contribution in [-0.2, 0) is 6.54 Å². The predicted molar refractivity (Wildman–Crippen MR) is 96.6 cm³/mol. The number of rotatable bonds is 3. The molecule has 0 bridgehead atoms. The number of nitriles is 1. The molecule has 1 heterocycles. The third kappa shape index (κ3) is 3.00. The molecule has 0 amide bonds. The molecule has 0 aliphatic heterocycles. The maximum Gasteiger partial charge on any atom is 0.103 e. The van der Waals surface area contributed by atoms with Gasteiger partial charge in [-0.25, -0.2) is 4.68 Å². The van der Waals surface area contributed by atoms with Crippen molar-refractivity contribution in [3.63, 3.8) is 0 Å². The number of aromatic nitrogens is 2. The second-order valence-corrected chi connectivity index (χ2v) is 6.28. The molecule has 0 fully saturated rings. The molecule has 0 unspecified atom stereocenters. The molecule has 0 aliphatic carbocycles. The van der Waals surface area contributed by atoms with Crippen molar-refractivity contribution in [2.45, 2.75) is 6.54 Å². The van der Waals surface area contributed by atoms with Gasteiger partial charge in [0.2, 0.25) is 0 Å². The van der Waals surface area contributed by atoms with Crippen LogP contribution in [0.1, 0.15) is 11.3 Å². The van der Waals surface area contributed by atoms with Crippen molar-refractivity contribution in [2.24, 2.45) is 5.73 Å². The van der Waals surface area contributed by atoms with Gasteiger partial charge in [-0.3, -0.25) is 0 Å². The lowest BCUT2D eigenvalue weighted by atomic mass is 10.1. The smallest absolute Gasteiger partial charge is 0.103 e. The summed E-state index contributed by atoms with van der Waals surface area (Å²) in [6.45, 7) is 0.141. The summed E-state index contributed by atoms with van der Waals surface area (Å²) in [5.41, 5.74) is 8.66. The summed E-state index contributed by atoms with van der Waals surface area (Å²) in [5.74, 6) is 0. The molecule has 0 aliphatic rings. The Labute approximate surface area is 154 Å². The van der Waals surface area contributed by atoms with Gasteiger partial charge in [-0.1, -0.05) is 46.9 Å². The van der Waals surface area contributed by atoms with Crippen molar-refractivity contribution < 1.29 is 0 Å². The first-order valence-electron chi connectivity index (χ1n) is 6.98. The summed E-state index contributed by atoms with van der Waals surface area (Å²) in [6, 6.07) is 14.4. The zero-order valence-corrected chi connectivity index (χ0v) is 14.6. The Bertz CT molecular complexity index is 940. The lowest BCUT2D eigenvalue weighted by Gasteiger charge is -2.10. The summed E-state index contributed by atoms with van der Waals surface area (Å²) in [4.78, 5) is 0. The van der Waals surface area contributed by atoms with E-state index in [0.29, 0.717) is 37.7 Å². The van der Waals surface area contributed by atoms with Crippen LogP contribution >= 0.6 is 34.8 Å². The van der Waals surface area contributed by atoms with Crippen LogP contribution in [0, 0.1) is 11.3 Å². The summed E-state index contributed by atoms with van der Waals surface area (Å²) in [5, 5.41) is 15.6. The van der Waals surface area contributed by atoms with Crippen LogP contribution in [0.3, 0.4) is 0 Å². The van der Waals surface area contributed by atoms with Crippen LogP contribution in [0.4, 0.5) is 0 Å². The molecule has 2 N–H and O–H groups in total. The molecule has 0 atom stereocenters. The van der Waals surface area contributed by atoms with Gasteiger partial charge in [0.05, 0.1) is 22.1 Å². The van der Waals surface area contributed by atoms with E-state index in [-0.39, 0.29) is 6.54 Å². The number of halogens is 3. The van der Waals surface area contributed by atoms with Crippen molar-refractivity contribution in [3.8, 4) is 23.0 Å². The van der Waals surface area contributed by atoms with Crippen LogP contribution in [0.25, 0.3) is 16.9 Å². The van der Waals surface area contributed by atoms with E-state index < -0.39 is 0 Å². The minimum Gasteiger partial charge on any atom is -0.325 e. The summed E-state index contributed by atoms with van der Waals surface area (Å²) >= 11 is 18.2. The topological polar surface area (TPSA) is 67.6 Å². The highest BCUT2D eigenvalue weighted by Crippen LogP contribution is 2.33. The van der Waals surface area contributed by atoms with Gasteiger partial charge in [0.25, 0.3) is 0 Å². The molecule has 0 radical (unpaired) electrons. The Balaban J connectivity index is 2.32. The number of nitrogens with zero attached hydrogens (tertiary/aromatic N) is 3. The predicted octanol–water partition coefficient (Wildman–Crippen LogP) is 4.83. The lowest BCUT2D eigenvalue weighted by molar-refractivity contribution is 0.838. The highest BCUT2D eigenvalue weighted by molar-refractivity contribution is 6.35. The van der Waals surface area contributed by atoms with Crippen LogP contribution < -0.4 is 5.73 Å². The van der Waals surface area contributed by atoms with Gasteiger partial charge in [-0.15, -0.1) is 0 Å². The molecule has 3 aromatic rings. The Morgan fingerprint density at radius 3 is 2.29 bits per heavy atom. The van der Waals surface area contributed by atoms with Gasteiger partial charge >= 0.3 is 0 Å². The summed E-state index contributed by atoms with van der Waals surface area (Å²) in [6.07, 6.45) is 0. The number of hydrogen-bond donors (Lipinski definition) is 1. The van der Waals surface area contributed by atoms with Crippen LogP contribution in [0.2, 0.25) is 15.1 Å². The third-order valence-corrected chi connectivity index (χ3v) is 4.31. The zero-order valence-electron chi connectivity index (χ0n) is 12.3. The lowest BCUT2D eigenvalue weighted by Crippen LogP contribution is -2.02. The van der Waals surface area contributed by atoms with E-state index in [2.05, 4.69) is 11.2 Å². The maximum absolute atomic E-state index is 9.58. The second-order valence-electron chi connectivity index (χ2n) is 5.00. The first-order chi connectivity index (χ1) is 11.5. The molecule has 3 rings (SSSR count). The largest absolute Gasteiger partial charge is 0.325 e. The van der Waals surface area contributed by atoms with Crippen molar-refractivity contribution in [2.75, 3.05) is 0 Å². The van der Waals surface area contributed by atoms with Crippen molar-refractivity contribution in [3.05, 3.63) is 68.8 Å². The van der Waals surface area contributed by atoms with Crippen molar-refractivity contribution in [1.29, 1.82) is 5.26 Å².